The highest BCUT2D eigenvalue weighted by Crippen LogP contribution is 2.38. The summed E-state index contributed by atoms with van der Waals surface area (Å²) in [6, 6.07) is 11.3. The molecule has 5 nitrogen and oxygen atoms in total. The van der Waals surface area contributed by atoms with Crippen molar-refractivity contribution in [2.45, 2.75) is 32.3 Å². The highest BCUT2D eigenvalue weighted by Gasteiger charge is 2.23. The van der Waals surface area contributed by atoms with Crippen LogP contribution in [0.25, 0.3) is 10.9 Å². The van der Waals surface area contributed by atoms with Crippen LogP contribution in [0, 0.1) is 12.7 Å². The summed E-state index contributed by atoms with van der Waals surface area (Å²) in [5.41, 5.74) is 4.02. The van der Waals surface area contributed by atoms with Crippen molar-refractivity contribution in [2.24, 2.45) is 0 Å². The first-order valence-electron chi connectivity index (χ1n) is 11.2. The second-order valence-corrected chi connectivity index (χ2v) is 8.91. The molecule has 0 amide bonds. The Bertz CT molecular complexity index is 1140. The molecule has 0 fully saturated rings. The predicted octanol–water partition coefficient (Wildman–Crippen LogP) is 4.91. The largest absolute Gasteiger partial charge is 0.486 e. The van der Waals surface area contributed by atoms with Gasteiger partial charge in [-0.2, -0.15) is 0 Å². The lowest BCUT2D eigenvalue weighted by Gasteiger charge is -2.32. The molecular formula is C25H27ClFN3O2. The SMILES string of the molecule is Cc1ccc2c3c(ccc2n1)OC[C@H](CNCCCN1CCCc2cc(F)c(Cl)cc21)O3. The van der Waals surface area contributed by atoms with Gasteiger partial charge in [-0.3, -0.25) is 4.98 Å². The Hall–Kier alpha value is -2.57. The monoisotopic (exact) mass is 455 g/mol. The summed E-state index contributed by atoms with van der Waals surface area (Å²) in [5.74, 6) is 1.23. The average molecular weight is 456 g/mol. The van der Waals surface area contributed by atoms with Gasteiger partial charge in [-0.15, -0.1) is 0 Å². The van der Waals surface area contributed by atoms with Crippen molar-refractivity contribution in [3.05, 3.63) is 58.5 Å². The second kappa shape index (κ2) is 9.12. The van der Waals surface area contributed by atoms with E-state index >= 15 is 0 Å². The summed E-state index contributed by atoms with van der Waals surface area (Å²) in [6.07, 6.45) is 2.87. The summed E-state index contributed by atoms with van der Waals surface area (Å²) in [6.45, 7) is 5.97. The number of nitrogens with zero attached hydrogens (tertiary/aromatic N) is 2. The second-order valence-electron chi connectivity index (χ2n) is 8.51. The fraction of sp³-hybridized carbons (Fsp3) is 0.400. The standard InChI is InChI=1S/C25H27ClFN3O2/c1-16-5-6-19-22(29-16)7-8-24-25(19)32-18(15-31-24)14-28-9-3-11-30-10-2-4-17-12-21(27)20(26)13-23(17)30/h5-8,12-13,18,28H,2-4,9-11,14-15H2,1H3/t18-/m0/s1. The van der Waals surface area contributed by atoms with Gasteiger partial charge in [0.25, 0.3) is 0 Å². The van der Waals surface area contributed by atoms with Gasteiger partial charge in [-0.25, -0.2) is 4.39 Å². The summed E-state index contributed by atoms with van der Waals surface area (Å²) < 4.78 is 26.0. The van der Waals surface area contributed by atoms with Crippen LogP contribution in [-0.4, -0.2) is 43.9 Å². The minimum atomic E-state index is -0.330. The summed E-state index contributed by atoms with van der Waals surface area (Å²) in [7, 11) is 0. The first-order chi connectivity index (χ1) is 15.6. The molecule has 0 aliphatic carbocycles. The molecule has 1 aromatic heterocycles. The Balaban J connectivity index is 1.14. The van der Waals surface area contributed by atoms with Gasteiger partial charge in [0.1, 0.15) is 18.5 Å². The van der Waals surface area contributed by atoms with E-state index in [4.69, 9.17) is 21.1 Å². The van der Waals surface area contributed by atoms with E-state index in [1.165, 1.54) is 0 Å². The van der Waals surface area contributed by atoms with Crippen LogP contribution in [0.15, 0.2) is 36.4 Å². The Morgan fingerprint density at radius 1 is 1.25 bits per heavy atom. The summed E-state index contributed by atoms with van der Waals surface area (Å²) in [4.78, 5) is 6.89. The maximum absolute atomic E-state index is 13.8. The molecule has 0 radical (unpaired) electrons. The third-order valence-electron chi connectivity index (χ3n) is 6.12. The number of hydrogen-bond donors (Lipinski definition) is 1. The van der Waals surface area contributed by atoms with Crippen LogP contribution < -0.4 is 19.7 Å². The van der Waals surface area contributed by atoms with E-state index in [0.717, 1.165) is 78.2 Å². The Morgan fingerprint density at radius 2 is 2.16 bits per heavy atom. The molecule has 2 aliphatic rings. The number of rotatable bonds is 6. The number of halogens is 2. The Morgan fingerprint density at radius 3 is 3.06 bits per heavy atom. The summed E-state index contributed by atoms with van der Waals surface area (Å²) in [5, 5.41) is 4.67. The van der Waals surface area contributed by atoms with Crippen molar-refractivity contribution in [3.8, 4) is 11.5 Å². The van der Waals surface area contributed by atoms with Crippen molar-refractivity contribution >= 4 is 28.2 Å². The quantitative estimate of drug-likeness (QED) is 0.535. The van der Waals surface area contributed by atoms with Gasteiger partial charge in [0.15, 0.2) is 11.5 Å². The molecule has 7 heteroatoms. The minimum Gasteiger partial charge on any atom is -0.486 e. The molecule has 0 saturated heterocycles. The molecule has 0 spiro atoms. The van der Waals surface area contributed by atoms with Gasteiger partial charge >= 0.3 is 0 Å². The number of benzene rings is 2. The maximum Gasteiger partial charge on any atom is 0.171 e. The first-order valence-corrected chi connectivity index (χ1v) is 11.6. The number of nitrogens with one attached hydrogen (secondary N) is 1. The van der Waals surface area contributed by atoms with Crippen molar-refractivity contribution in [1.29, 1.82) is 0 Å². The van der Waals surface area contributed by atoms with Crippen LogP contribution in [0.4, 0.5) is 10.1 Å². The molecule has 1 atom stereocenters. The van der Waals surface area contributed by atoms with Gasteiger partial charge in [0.05, 0.1) is 10.5 Å². The molecule has 5 rings (SSSR count). The van der Waals surface area contributed by atoms with E-state index in [9.17, 15) is 4.39 Å². The minimum absolute atomic E-state index is 0.0492. The number of fused-ring (bicyclic) bond motifs is 4. The number of pyridine rings is 1. The lowest BCUT2D eigenvalue weighted by atomic mass is 10.0. The number of anilines is 1. The fourth-order valence-corrected chi connectivity index (χ4v) is 4.68. The fourth-order valence-electron chi connectivity index (χ4n) is 4.52. The van der Waals surface area contributed by atoms with Crippen LogP contribution in [0.2, 0.25) is 5.02 Å². The molecule has 0 unspecified atom stereocenters. The average Bonchev–Trinajstić information content (AvgIpc) is 2.79. The maximum atomic E-state index is 13.8. The van der Waals surface area contributed by atoms with Crippen molar-refractivity contribution in [2.75, 3.05) is 37.7 Å². The van der Waals surface area contributed by atoms with Crippen molar-refractivity contribution < 1.29 is 13.9 Å². The number of ether oxygens (including phenoxy) is 2. The summed E-state index contributed by atoms with van der Waals surface area (Å²) >= 11 is 6.02. The molecule has 1 N–H and O–H groups in total. The van der Waals surface area contributed by atoms with Gasteiger partial charge in [-0.05, 0) is 74.7 Å². The number of aryl methyl sites for hydroxylation is 2. The predicted molar refractivity (Wildman–Crippen MR) is 126 cm³/mol. The lowest BCUT2D eigenvalue weighted by Crippen LogP contribution is -2.39. The third kappa shape index (κ3) is 4.34. The Kier molecular flexibility index (Phi) is 6.07. The molecule has 2 aliphatic heterocycles. The number of hydrogen-bond acceptors (Lipinski definition) is 5. The van der Waals surface area contributed by atoms with Gasteiger partial charge in [-0.1, -0.05) is 11.6 Å². The molecule has 168 valence electrons. The van der Waals surface area contributed by atoms with E-state index < -0.39 is 0 Å². The van der Waals surface area contributed by atoms with Crippen LogP contribution in [0.3, 0.4) is 0 Å². The third-order valence-corrected chi connectivity index (χ3v) is 6.41. The molecule has 3 heterocycles. The first kappa shape index (κ1) is 21.3. The molecule has 0 saturated carbocycles. The van der Waals surface area contributed by atoms with Gasteiger partial charge < -0.3 is 19.7 Å². The van der Waals surface area contributed by atoms with Crippen LogP contribution in [0.5, 0.6) is 11.5 Å². The van der Waals surface area contributed by atoms with E-state index in [1.54, 1.807) is 12.1 Å². The molecule has 0 bridgehead atoms. The zero-order valence-corrected chi connectivity index (χ0v) is 18.9. The van der Waals surface area contributed by atoms with Crippen LogP contribution >= 0.6 is 11.6 Å². The highest BCUT2D eigenvalue weighted by molar-refractivity contribution is 6.31. The van der Waals surface area contributed by atoms with Gasteiger partial charge in [0, 0.05) is 36.4 Å². The van der Waals surface area contributed by atoms with E-state index in [2.05, 4.69) is 15.2 Å². The number of aromatic nitrogens is 1. The van der Waals surface area contributed by atoms with Crippen LogP contribution in [-0.2, 0) is 6.42 Å². The van der Waals surface area contributed by atoms with Crippen LogP contribution in [0.1, 0.15) is 24.1 Å². The zero-order chi connectivity index (χ0) is 22.1. The molecule has 3 aromatic rings. The molecule has 2 aromatic carbocycles. The zero-order valence-electron chi connectivity index (χ0n) is 18.2. The highest BCUT2D eigenvalue weighted by atomic mass is 35.5. The lowest BCUT2D eigenvalue weighted by molar-refractivity contribution is 0.0925. The van der Waals surface area contributed by atoms with Gasteiger partial charge in [0.2, 0.25) is 0 Å². The van der Waals surface area contributed by atoms with E-state index in [1.807, 2.05) is 31.2 Å². The topological polar surface area (TPSA) is 46.6 Å². The van der Waals surface area contributed by atoms with Crippen molar-refractivity contribution in [3.63, 3.8) is 0 Å². The van der Waals surface area contributed by atoms with Crippen molar-refractivity contribution in [1.82, 2.24) is 10.3 Å². The molecular weight excluding hydrogens is 429 g/mol. The van der Waals surface area contributed by atoms with E-state index in [0.29, 0.717) is 13.2 Å². The normalized spacial score (nSPS) is 17.5. The Labute approximate surface area is 192 Å². The smallest absolute Gasteiger partial charge is 0.171 e. The van der Waals surface area contributed by atoms with E-state index in [-0.39, 0.29) is 16.9 Å². The molecule has 32 heavy (non-hydrogen) atoms.